The Labute approximate surface area is 172 Å². The van der Waals surface area contributed by atoms with Gasteiger partial charge in [0, 0.05) is 6.54 Å². The van der Waals surface area contributed by atoms with Gasteiger partial charge in [0.15, 0.2) is 11.5 Å². The highest BCUT2D eigenvalue weighted by Crippen LogP contribution is 2.41. The lowest BCUT2D eigenvalue weighted by Crippen LogP contribution is -2.49. The van der Waals surface area contributed by atoms with E-state index in [2.05, 4.69) is 5.32 Å². The molecule has 2 aromatic rings. The van der Waals surface area contributed by atoms with E-state index in [0.29, 0.717) is 42.9 Å². The third-order valence-corrected chi connectivity index (χ3v) is 5.56. The largest absolute Gasteiger partial charge is 0.493 e. The number of carbonyl (C=O) groups is 1. The van der Waals surface area contributed by atoms with E-state index in [1.54, 1.807) is 13.2 Å². The van der Waals surface area contributed by atoms with Gasteiger partial charge in [-0.15, -0.1) is 0 Å². The molecule has 0 amide bonds. The molecule has 0 fully saturated rings. The number of ether oxygens (including phenoxy) is 2. The van der Waals surface area contributed by atoms with Crippen LogP contribution in [0.15, 0.2) is 36.4 Å². The summed E-state index contributed by atoms with van der Waals surface area (Å²) in [6, 6.07) is 8.65. The van der Waals surface area contributed by atoms with Crippen molar-refractivity contribution in [1.82, 2.24) is 5.32 Å². The lowest BCUT2D eigenvalue weighted by atomic mass is 9.76. The molecule has 8 heteroatoms. The number of hydrogen-bond acceptors (Lipinski definition) is 4. The summed E-state index contributed by atoms with van der Waals surface area (Å²) in [6.45, 7) is 0.586. The number of nitrogens with one attached hydrogen (secondary N) is 1. The van der Waals surface area contributed by atoms with E-state index in [1.165, 1.54) is 19.2 Å². The number of benzene rings is 2. The van der Waals surface area contributed by atoms with E-state index in [1.807, 2.05) is 6.07 Å². The van der Waals surface area contributed by atoms with Crippen molar-refractivity contribution in [2.75, 3.05) is 20.8 Å². The molecule has 162 valence electrons. The van der Waals surface area contributed by atoms with E-state index in [4.69, 9.17) is 9.47 Å². The van der Waals surface area contributed by atoms with Crippen LogP contribution in [0.4, 0.5) is 13.2 Å². The van der Waals surface area contributed by atoms with E-state index >= 15 is 0 Å². The number of aryl methyl sites for hydroxylation is 1. The van der Waals surface area contributed by atoms with Crippen molar-refractivity contribution in [2.24, 2.45) is 0 Å². The van der Waals surface area contributed by atoms with E-state index in [-0.39, 0.29) is 6.42 Å². The van der Waals surface area contributed by atoms with Gasteiger partial charge in [0.05, 0.1) is 31.7 Å². The number of fused-ring (bicyclic) bond motifs is 1. The Morgan fingerprint density at radius 2 is 1.77 bits per heavy atom. The summed E-state index contributed by atoms with van der Waals surface area (Å²) < 4.78 is 49.2. The number of methoxy groups -OCH3 is 2. The number of halogens is 3. The molecule has 5 nitrogen and oxygen atoms in total. The Hall–Kier alpha value is -2.74. The van der Waals surface area contributed by atoms with Gasteiger partial charge >= 0.3 is 12.1 Å². The second-order valence-electron chi connectivity index (χ2n) is 7.39. The van der Waals surface area contributed by atoms with E-state index in [9.17, 15) is 23.1 Å². The van der Waals surface area contributed by atoms with Crippen LogP contribution >= 0.6 is 0 Å². The van der Waals surface area contributed by atoms with Crippen molar-refractivity contribution in [3.05, 3.63) is 58.7 Å². The maximum absolute atomic E-state index is 12.8. The summed E-state index contributed by atoms with van der Waals surface area (Å²) >= 11 is 0. The second kappa shape index (κ2) is 8.55. The first-order valence-corrected chi connectivity index (χ1v) is 9.57. The van der Waals surface area contributed by atoms with E-state index in [0.717, 1.165) is 23.3 Å². The maximum atomic E-state index is 12.8. The van der Waals surface area contributed by atoms with Crippen molar-refractivity contribution in [1.29, 1.82) is 0 Å². The zero-order valence-electron chi connectivity index (χ0n) is 16.8. The average Bonchev–Trinajstić information content (AvgIpc) is 2.71. The Kier molecular flexibility index (Phi) is 6.26. The molecule has 2 aromatic carbocycles. The maximum Gasteiger partial charge on any atom is 0.416 e. The minimum Gasteiger partial charge on any atom is -0.493 e. The fourth-order valence-electron chi connectivity index (χ4n) is 4.05. The van der Waals surface area contributed by atoms with Crippen LogP contribution in [0.5, 0.6) is 11.5 Å². The molecular formula is C22H24F3NO4. The van der Waals surface area contributed by atoms with Crippen molar-refractivity contribution in [3.8, 4) is 11.5 Å². The Balaban J connectivity index is 1.94. The molecule has 1 heterocycles. The smallest absolute Gasteiger partial charge is 0.416 e. The number of carboxylic acids is 1. The second-order valence-corrected chi connectivity index (χ2v) is 7.39. The quantitative estimate of drug-likeness (QED) is 0.700. The summed E-state index contributed by atoms with van der Waals surface area (Å²) in [5, 5.41) is 12.9. The minimum absolute atomic E-state index is 0.157. The molecule has 1 atom stereocenters. The van der Waals surface area contributed by atoms with Gasteiger partial charge < -0.3 is 19.9 Å². The van der Waals surface area contributed by atoms with Crippen molar-refractivity contribution in [3.63, 3.8) is 0 Å². The molecule has 2 N–H and O–H groups in total. The molecule has 0 saturated carbocycles. The van der Waals surface area contributed by atoms with Crippen molar-refractivity contribution in [2.45, 2.75) is 37.4 Å². The molecule has 0 spiro atoms. The third kappa shape index (κ3) is 4.53. The highest BCUT2D eigenvalue weighted by atomic mass is 19.4. The van der Waals surface area contributed by atoms with Crippen molar-refractivity contribution >= 4 is 5.97 Å². The van der Waals surface area contributed by atoms with Gasteiger partial charge in [-0.2, -0.15) is 13.2 Å². The number of hydrogen-bond donors (Lipinski definition) is 2. The zero-order valence-corrected chi connectivity index (χ0v) is 16.8. The Morgan fingerprint density at radius 3 is 2.33 bits per heavy atom. The van der Waals surface area contributed by atoms with Gasteiger partial charge in [-0.25, -0.2) is 0 Å². The lowest BCUT2D eigenvalue weighted by molar-refractivity contribution is -0.139. The number of aliphatic carboxylic acids is 1. The van der Waals surface area contributed by atoms with Gasteiger partial charge in [0.25, 0.3) is 0 Å². The topological polar surface area (TPSA) is 67.8 Å². The predicted octanol–water partition coefficient (Wildman–Crippen LogP) is 4.17. The molecule has 3 rings (SSSR count). The van der Waals surface area contributed by atoms with Crippen molar-refractivity contribution < 1.29 is 32.5 Å². The first kappa shape index (κ1) is 22.0. The van der Waals surface area contributed by atoms with Gasteiger partial charge in [0.2, 0.25) is 0 Å². The van der Waals surface area contributed by atoms with Crippen LogP contribution in [-0.2, 0) is 29.4 Å². The highest BCUT2D eigenvalue weighted by molar-refractivity contribution is 5.70. The van der Waals surface area contributed by atoms with Gasteiger partial charge in [-0.05, 0) is 60.2 Å². The van der Waals surface area contributed by atoms with Crippen LogP contribution in [0.1, 0.15) is 35.1 Å². The fraction of sp³-hybridized carbons (Fsp3) is 0.409. The molecule has 0 radical (unpaired) electrons. The summed E-state index contributed by atoms with van der Waals surface area (Å²) in [4.78, 5) is 11.7. The molecule has 0 unspecified atom stereocenters. The van der Waals surface area contributed by atoms with Crippen LogP contribution < -0.4 is 14.8 Å². The molecule has 1 aliphatic rings. The standard InChI is InChI=1S/C22H24F3NO4/c1-29-18-11-15-8-10-26-21(13-20(27)28,17(15)12-19(18)30-2)9-7-14-3-5-16(6-4-14)22(23,24)25/h3-6,11-12,26H,7-10,13H2,1-2H3,(H,27,28)/t21-/m0/s1. The molecular weight excluding hydrogens is 399 g/mol. The summed E-state index contributed by atoms with van der Waals surface area (Å²) in [7, 11) is 3.06. The third-order valence-electron chi connectivity index (χ3n) is 5.56. The average molecular weight is 423 g/mol. The molecule has 0 bridgehead atoms. The van der Waals surface area contributed by atoms with E-state index < -0.39 is 23.2 Å². The number of carboxylic acid groups (broad SMARTS) is 1. The summed E-state index contributed by atoms with van der Waals surface area (Å²) in [6.07, 6.45) is -3.00. The van der Waals surface area contributed by atoms with Crippen LogP contribution in [-0.4, -0.2) is 31.8 Å². The van der Waals surface area contributed by atoms with Crippen LogP contribution in [0, 0.1) is 0 Å². The predicted molar refractivity (Wildman–Crippen MR) is 105 cm³/mol. The lowest BCUT2D eigenvalue weighted by Gasteiger charge is -2.40. The van der Waals surface area contributed by atoms with Crippen LogP contribution in [0.3, 0.4) is 0 Å². The molecule has 30 heavy (non-hydrogen) atoms. The molecule has 0 aromatic heterocycles. The van der Waals surface area contributed by atoms with Gasteiger partial charge in [0.1, 0.15) is 0 Å². The Bertz CT molecular complexity index is 912. The monoisotopic (exact) mass is 423 g/mol. The highest BCUT2D eigenvalue weighted by Gasteiger charge is 2.39. The summed E-state index contributed by atoms with van der Waals surface area (Å²) in [5.41, 5.74) is 0.939. The SMILES string of the molecule is COc1cc2c(cc1OC)[C@](CCc1ccc(C(F)(F)F)cc1)(CC(=O)O)NCC2. The molecule has 1 aliphatic heterocycles. The number of rotatable bonds is 7. The first-order chi connectivity index (χ1) is 14.2. The minimum atomic E-state index is -4.39. The van der Waals surface area contributed by atoms with Gasteiger partial charge in [-0.3, -0.25) is 4.79 Å². The Morgan fingerprint density at radius 1 is 1.13 bits per heavy atom. The molecule has 0 saturated heterocycles. The van der Waals surface area contributed by atoms with Crippen LogP contribution in [0.25, 0.3) is 0 Å². The molecule has 0 aliphatic carbocycles. The zero-order chi connectivity index (χ0) is 21.9. The number of alkyl halides is 3. The van der Waals surface area contributed by atoms with Gasteiger partial charge in [-0.1, -0.05) is 12.1 Å². The normalized spacial score (nSPS) is 18.6. The van der Waals surface area contributed by atoms with Crippen LogP contribution in [0.2, 0.25) is 0 Å². The fourth-order valence-corrected chi connectivity index (χ4v) is 4.05. The summed E-state index contributed by atoms with van der Waals surface area (Å²) in [5.74, 6) is 0.118. The first-order valence-electron chi connectivity index (χ1n) is 9.57.